The molecule has 0 aliphatic carbocycles. The van der Waals surface area contributed by atoms with E-state index in [1.54, 1.807) is 6.20 Å². The lowest BCUT2D eigenvalue weighted by molar-refractivity contribution is 0.0943. The summed E-state index contributed by atoms with van der Waals surface area (Å²) >= 11 is 1.51. The molecule has 0 aliphatic heterocycles. The van der Waals surface area contributed by atoms with Crippen LogP contribution in [0.5, 0.6) is 0 Å². The first-order valence-corrected chi connectivity index (χ1v) is 8.39. The van der Waals surface area contributed by atoms with Crippen LogP contribution in [0.15, 0.2) is 24.1 Å². The fourth-order valence-corrected chi connectivity index (χ4v) is 3.47. The van der Waals surface area contributed by atoms with E-state index >= 15 is 0 Å². The Bertz CT molecular complexity index is 838. The Labute approximate surface area is 138 Å². The molecule has 0 radical (unpaired) electrons. The van der Waals surface area contributed by atoms with Crippen molar-refractivity contribution in [2.45, 2.75) is 27.3 Å². The monoisotopic (exact) mass is 329 g/mol. The van der Waals surface area contributed by atoms with Gasteiger partial charge in [0, 0.05) is 25.5 Å². The number of carbonyl (C=O) groups is 1. The van der Waals surface area contributed by atoms with Crippen LogP contribution in [0.4, 0.5) is 0 Å². The first-order chi connectivity index (χ1) is 11.1. The first-order valence-electron chi connectivity index (χ1n) is 7.51. The van der Waals surface area contributed by atoms with Gasteiger partial charge < -0.3 is 9.88 Å². The van der Waals surface area contributed by atoms with Crippen molar-refractivity contribution in [3.63, 3.8) is 0 Å². The summed E-state index contributed by atoms with van der Waals surface area (Å²) in [5.41, 5.74) is 2.39. The van der Waals surface area contributed by atoms with E-state index in [2.05, 4.69) is 31.8 Å². The van der Waals surface area contributed by atoms with Crippen molar-refractivity contribution >= 4 is 27.5 Å². The molecule has 3 heterocycles. The molecule has 0 aliphatic rings. The molecule has 7 heteroatoms. The van der Waals surface area contributed by atoms with Crippen LogP contribution in [-0.4, -0.2) is 32.0 Å². The number of fused-ring (bicyclic) bond motifs is 1. The second kappa shape index (κ2) is 6.45. The molecule has 3 rings (SSSR count). The minimum absolute atomic E-state index is 0.145. The lowest BCUT2D eigenvalue weighted by Gasteiger charge is -2.14. The molecule has 3 aromatic heterocycles. The number of aromatic nitrogens is 4. The number of amides is 1. The van der Waals surface area contributed by atoms with E-state index in [0.717, 1.165) is 28.1 Å². The van der Waals surface area contributed by atoms with Gasteiger partial charge in [0.2, 0.25) is 0 Å². The summed E-state index contributed by atoms with van der Waals surface area (Å²) in [5.74, 6) is 1.14. The standard InChI is InChI=1S/C16H19N5OS/c1-10(7-21-5-4-17-12(21)3)6-18-16(22)14-15-13(19-9-20-14)11(2)8-23-15/h4-5,8-10H,6-7H2,1-3H3,(H,18,22). The van der Waals surface area contributed by atoms with Gasteiger partial charge in [-0.15, -0.1) is 11.3 Å². The van der Waals surface area contributed by atoms with Crippen LogP contribution in [-0.2, 0) is 6.54 Å². The molecule has 3 aromatic rings. The van der Waals surface area contributed by atoms with E-state index in [-0.39, 0.29) is 5.91 Å². The number of nitrogens with zero attached hydrogens (tertiary/aromatic N) is 4. The highest BCUT2D eigenvalue weighted by Crippen LogP contribution is 2.25. The number of nitrogens with one attached hydrogen (secondary N) is 1. The summed E-state index contributed by atoms with van der Waals surface area (Å²) in [6.45, 7) is 7.48. The Hall–Kier alpha value is -2.28. The van der Waals surface area contributed by atoms with Gasteiger partial charge >= 0.3 is 0 Å². The summed E-state index contributed by atoms with van der Waals surface area (Å²) in [6, 6.07) is 0. The van der Waals surface area contributed by atoms with E-state index in [1.165, 1.54) is 17.7 Å². The molecule has 6 nitrogen and oxygen atoms in total. The predicted molar refractivity (Wildman–Crippen MR) is 90.6 cm³/mol. The largest absolute Gasteiger partial charge is 0.350 e. The zero-order valence-electron chi connectivity index (χ0n) is 13.4. The average Bonchev–Trinajstić information content (AvgIpc) is 3.11. The van der Waals surface area contributed by atoms with Gasteiger partial charge in [-0.1, -0.05) is 6.92 Å². The van der Waals surface area contributed by atoms with Crippen LogP contribution in [0.2, 0.25) is 0 Å². The molecular weight excluding hydrogens is 310 g/mol. The van der Waals surface area contributed by atoms with Gasteiger partial charge in [0.25, 0.3) is 5.91 Å². The summed E-state index contributed by atoms with van der Waals surface area (Å²) < 4.78 is 2.93. The maximum absolute atomic E-state index is 12.4. The van der Waals surface area contributed by atoms with Gasteiger partial charge in [-0.05, 0) is 30.7 Å². The quantitative estimate of drug-likeness (QED) is 0.781. The number of hydrogen-bond acceptors (Lipinski definition) is 5. The molecule has 0 bridgehead atoms. The van der Waals surface area contributed by atoms with Gasteiger partial charge in [0.15, 0.2) is 0 Å². The average molecular weight is 329 g/mol. The highest BCUT2D eigenvalue weighted by atomic mass is 32.1. The molecule has 120 valence electrons. The minimum Gasteiger partial charge on any atom is -0.350 e. The number of thiophene rings is 1. The molecule has 0 fully saturated rings. The van der Waals surface area contributed by atoms with Crippen molar-refractivity contribution in [3.8, 4) is 0 Å². The van der Waals surface area contributed by atoms with Crippen LogP contribution in [0.1, 0.15) is 28.8 Å². The first kappa shape index (κ1) is 15.6. The van der Waals surface area contributed by atoms with Gasteiger partial charge in [-0.3, -0.25) is 4.79 Å². The van der Waals surface area contributed by atoms with Gasteiger partial charge in [-0.25, -0.2) is 15.0 Å². The Morgan fingerprint density at radius 2 is 2.17 bits per heavy atom. The molecule has 1 amide bonds. The topological polar surface area (TPSA) is 72.7 Å². The number of carbonyl (C=O) groups excluding carboxylic acids is 1. The normalized spacial score (nSPS) is 12.5. The maximum Gasteiger partial charge on any atom is 0.271 e. The number of imidazole rings is 1. The summed E-state index contributed by atoms with van der Waals surface area (Å²) in [6.07, 6.45) is 5.20. The maximum atomic E-state index is 12.4. The van der Waals surface area contributed by atoms with Crippen LogP contribution >= 0.6 is 11.3 Å². The van der Waals surface area contributed by atoms with E-state index < -0.39 is 0 Å². The van der Waals surface area contributed by atoms with Crippen molar-refractivity contribution in [1.29, 1.82) is 0 Å². The second-order valence-corrected chi connectivity index (χ2v) is 6.64. The Morgan fingerprint density at radius 1 is 1.35 bits per heavy atom. The Kier molecular flexibility index (Phi) is 4.38. The molecule has 0 saturated carbocycles. The van der Waals surface area contributed by atoms with Gasteiger partial charge in [0.05, 0.1) is 10.2 Å². The molecule has 0 spiro atoms. The second-order valence-electron chi connectivity index (χ2n) is 5.76. The zero-order valence-corrected chi connectivity index (χ0v) is 14.2. The molecule has 1 N–H and O–H groups in total. The van der Waals surface area contributed by atoms with Crippen molar-refractivity contribution in [1.82, 2.24) is 24.8 Å². The van der Waals surface area contributed by atoms with E-state index in [1.807, 2.05) is 25.4 Å². The highest BCUT2D eigenvalue weighted by Gasteiger charge is 2.16. The highest BCUT2D eigenvalue weighted by molar-refractivity contribution is 7.17. The van der Waals surface area contributed by atoms with E-state index in [0.29, 0.717) is 18.2 Å². The van der Waals surface area contributed by atoms with Crippen molar-refractivity contribution < 1.29 is 4.79 Å². The smallest absolute Gasteiger partial charge is 0.271 e. The fraction of sp³-hybridized carbons (Fsp3) is 0.375. The molecular formula is C16H19N5OS. The van der Waals surface area contributed by atoms with Crippen molar-refractivity contribution in [2.24, 2.45) is 5.92 Å². The van der Waals surface area contributed by atoms with Crippen LogP contribution in [0.3, 0.4) is 0 Å². The summed E-state index contributed by atoms with van der Waals surface area (Å²) in [5, 5.41) is 4.98. The lowest BCUT2D eigenvalue weighted by Crippen LogP contribution is -2.30. The van der Waals surface area contributed by atoms with Crippen molar-refractivity contribution in [3.05, 3.63) is 41.2 Å². The number of hydrogen-bond donors (Lipinski definition) is 1. The summed E-state index contributed by atoms with van der Waals surface area (Å²) in [7, 11) is 0. The van der Waals surface area contributed by atoms with E-state index in [9.17, 15) is 4.79 Å². The fourth-order valence-electron chi connectivity index (χ4n) is 2.48. The SMILES string of the molecule is Cc1csc2c(C(=O)NCC(C)Cn3ccnc3C)ncnc12. The lowest BCUT2D eigenvalue weighted by atomic mass is 10.1. The molecule has 1 atom stereocenters. The molecule has 0 aromatic carbocycles. The van der Waals surface area contributed by atoms with Crippen LogP contribution < -0.4 is 5.32 Å². The van der Waals surface area contributed by atoms with Gasteiger partial charge in [-0.2, -0.15) is 0 Å². The van der Waals surface area contributed by atoms with Crippen LogP contribution in [0.25, 0.3) is 10.2 Å². The Balaban J connectivity index is 1.66. The zero-order chi connectivity index (χ0) is 16.4. The van der Waals surface area contributed by atoms with Gasteiger partial charge in [0.1, 0.15) is 17.8 Å². The molecule has 1 unspecified atom stereocenters. The van der Waals surface area contributed by atoms with Crippen LogP contribution in [0, 0.1) is 19.8 Å². The third-order valence-corrected chi connectivity index (χ3v) is 4.88. The number of rotatable bonds is 5. The third-order valence-electron chi connectivity index (χ3n) is 3.79. The third kappa shape index (κ3) is 3.24. The number of aryl methyl sites for hydroxylation is 2. The minimum atomic E-state index is -0.145. The predicted octanol–water partition coefficient (Wildman–Crippen LogP) is 2.57. The molecule has 0 saturated heterocycles. The Morgan fingerprint density at radius 3 is 2.91 bits per heavy atom. The summed E-state index contributed by atoms with van der Waals surface area (Å²) in [4.78, 5) is 25.0. The molecule has 23 heavy (non-hydrogen) atoms. The van der Waals surface area contributed by atoms with Crippen molar-refractivity contribution in [2.75, 3.05) is 6.54 Å². The van der Waals surface area contributed by atoms with E-state index in [4.69, 9.17) is 0 Å².